The van der Waals surface area contributed by atoms with Crippen molar-refractivity contribution in [2.45, 2.75) is 26.6 Å². The number of esters is 1. The largest absolute Gasteiger partial charge is 0.461 e. The third-order valence-corrected chi connectivity index (χ3v) is 6.93. The van der Waals surface area contributed by atoms with Crippen molar-refractivity contribution in [3.05, 3.63) is 47.1 Å². The van der Waals surface area contributed by atoms with E-state index >= 15 is 0 Å². The zero-order valence-electron chi connectivity index (χ0n) is 16.6. The van der Waals surface area contributed by atoms with Gasteiger partial charge in [-0.1, -0.05) is 42.5 Å². The number of fused-ring (bicyclic) bond motifs is 1. The van der Waals surface area contributed by atoms with Gasteiger partial charge in [0, 0.05) is 24.8 Å². The molecule has 0 spiro atoms. The van der Waals surface area contributed by atoms with Crippen LogP contribution < -0.4 is 10.5 Å². The van der Waals surface area contributed by atoms with Crippen LogP contribution in [0.15, 0.2) is 30.6 Å². The maximum atomic E-state index is 14.8. The molecule has 0 aliphatic heterocycles. The van der Waals surface area contributed by atoms with Crippen molar-refractivity contribution in [3.63, 3.8) is 0 Å². The van der Waals surface area contributed by atoms with Gasteiger partial charge in [-0.25, -0.2) is 9.18 Å². The SMILES string of the molecule is CCOC(=O)c1c(Nc2ccc([Si](C)(C)C)cc2F)c2cncc(Cl)c2n1C. The number of halogens is 2. The monoisotopic (exact) mass is 419 g/mol. The summed E-state index contributed by atoms with van der Waals surface area (Å²) >= 11 is 6.30. The van der Waals surface area contributed by atoms with Gasteiger partial charge in [-0.05, 0) is 19.1 Å². The number of pyridine rings is 1. The van der Waals surface area contributed by atoms with E-state index in [0.29, 0.717) is 21.6 Å². The topological polar surface area (TPSA) is 56.1 Å². The number of nitrogens with one attached hydrogen (secondary N) is 1. The van der Waals surface area contributed by atoms with Gasteiger partial charge in [-0.2, -0.15) is 0 Å². The fourth-order valence-electron chi connectivity index (χ4n) is 3.14. The number of hydrogen-bond acceptors (Lipinski definition) is 4. The number of hydrogen-bond donors (Lipinski definition) is 1. The Morgan fingerprint density at radius 1 is 1.32 bits per heavy atom. The molecule has 2 aromatic heterocycles. The van der Waals surface area contributed by atoms with Gasteiger partial charge in [0.2, 0.25) is 0 Å². The minimum Gasteiger partial charge on any atom is -0.461 e. The second-order valence-electron chi connectivity index (χ2n) is 7.59. The van der Waals surface area contributed by atoms with Crippen molar-refractivity contribution in [2.75, 3.05) is 11.9 Å². The third kappa shape index (κ3) is 3.64. The highest BCUT2D eigenvalue weighted by atomic mass is 35.5. The zero-order valence-corrected chi connectivity index (χ0v) is 18.3. The van der Waals surface area contributed by atoms with Gasteiger partial charge in [-0.3, -0.25) is 4.98 Å². The summed E-state index contributed by atoms with van der Waals surface area (Å²) in [4.78, 5) is 16.7. The van der Waals surface area contributed by atoms with E-state index in [1.807, 2.05) is 6.07 Å². The molecule has 0 saturated carbocycles. The predicted octanol–water partition coefficient (Wildman–Crippen LogP) is 4.83. The quantitative estimate of drug-likeness (QED) is 0.475. The molecule has 0 aliphatic carbocycles. The standard InChI is InChI=1S/C20H23ClFN3O2Si/c1-6-27-20(26)19-17(13-10-23-11-14(21)18(13)25(19)2)24-16-8-7-12(9-15(16)22)28(3,4)5/h7-11,24H,6H2,1-5H3. The minimum atomic E-state index is -1.64. The summed E-state index contributed by atoms with van der Waals surface area (Å²) in [5.41, 5.74) is 1.59. The minimum absolute atomic E-state index is 0.227. The van der Waals surface area contributed by atoms with Gasteiger partial charge in [0.05, 0.1) is 36.6 Å². The molecule has 0 atom stereocenters. The second-order valence-corrected chi connectivity index (χ2v) is 13.1. The van der Waals surface area contributed by atoms with E-state index in [-0.39, 0.29) is 23.8 Å². The molecule has 2 heterocycles. The van der Waals surface area contributed by atoms with Crippen LogP contribution in [0.1, 0.15) is 17.4 Å². The van der Waals surface area contributed by atoms with Crippen molar-refractivity contribution in [1.82, 2.24) is 9.55 Å². The van der Waals surface area contributed by atoms with Crippen molar-refractivity contribution in [2.24, 2.45) is 7.05 Å². The Morgan fingerprint density at radius 3 is 2.64 bits per heavy atom. The second kappa shape index (κ2) is 7.56. The lowest BCUT2D eigenvalue weighted by molar-refractivity contribution is 0.0517. The fraction of sp³-hybridized carbons (Fsp3) is 0.300. The van der Waals surface area contributed by atoms with Crippen LogP contribution in [0, 0.1) is 5.82 Å². The lowest BCUT2D eigenvalue weighted by atomic mass is 10.2. The van der Waals surface area contributed by atoms with Gasteiger partial charge in [-0.15, -0.1) is 0 Å². The van der Waals surface area contributed by atoms with Crippen molar-refractivity contribution >= 4 is 53.1 Å². The van der Waals surface area contributed by atoms with Gasteiger partial charge in [0.15, 0.2) is 5.69 Å². The Labute approximate surface area is 169 Å². The van der Waals surface area contributed by atoms with Crippen LogP contribution in [0.4, 0.5) is 15.8 Å². The van der Waals surface area contributed by atoms with Crippen LogP contribution >= 0.6 is 11.6 Å². The summed E-state index contributed by atoms with van der Waals surface area (Å²) in [6.45, 7) is 8.44. The molecular formula is C20H23ClFN3O2Si. The van der Waals surface area contributed by atoms with Crippen molar-refractivity contribution in [3.8, 4) is 0 Å². The van der Waals surface area contributed by atoms with Crippen LogP contribution in [-0.2, 0) is 11.8 Å². The van der Waals surface area contributed by atoms with Crippen molar-refractivity contribution in [1.29, 1.82) is 0 Å². The van der Waals surface area contributed by atoms with E-state index in [2.05, 4.69) is 29.9 Å². The smallest absolute Gasteiger partial charge is 0.357 e. The molecule has 3 aromatic rings. The van der Waals surface area contributed by atoms with Gasteiger partial charge in [0.1, 0.15) is 5.82 Å². The van der Waals surface area contributed by atoms with E-state index in [9.17, 15) is 9.18 Å². The number of carbonyl (C=O) groups excluding carboxylic acids is 1. The molecule has 8 heteroatoms. The highest BCUT2D eigenvalue weighted by Gasteiger charge is 2.25. The van der Waals surface area contributed by atoms with Crippen LogP contribution in [0.3, 0.4) is 0 Å². The Balaban J connectivity index is 2.16. The van der Waals surface area contributed by atoms with Crippen LogP contribution in [0.5, 0.6) is 0 Å². The molecule has 5 nitrogen and oxygen atoms in total. The number of aryl methyl sites for hydroxylation is 1. The third-order valence-electron chi connectivity index (χ3n) is 4.61. The average molecular weight is 420 g/mol. The Morgan fingerprint density at radius 2 is 2.04 bits per heavy atom. The van der Waals surface area contributed by atoms with E-state index < -0.39 is 14.0 Å². The Kier molecular flexibility index (Phi) is 5.50. The number of anilines is 2. The normalized spacial score (nSPS) is 11.7. The molecule has 0 fully saturated rings. The first kappa shape index (κ1) is 20.4. The predicted molar refractivity (Wildman–Crippen MR) is 114 cm³/mol. The van der Waals surface area contributed by atoms with Crippen molar-refractivity contribution < 1.29 is 13.9 Å². The Hall–Kier alpha value is -2.38. The van der Waals surface area contributed by atoms with Crippen LogP contribution in [-0.4, -0.2) is 30.2 Å². The first-order valence-electron chi connectivity index (χ1n) is 9.01. The molecule has 28 heavy (non-hydrogen) atoms. The molecule has 1 aromatic carbocycles. The number of rotatable bonds is 5. The molecule has 0 amide bonds. The maximum Gasteiger partial charge on any atom is 0.357 e. The van der Waals surface area contributed by atoms with E-state index in [1.165, 1.54) is 6.20 Å². The fourth-order valence-corrected chi connectivity index (χ4v) is 4.57. The molecule has 148 valence electrons. The van der Waals surface area contributed by atoms with Gasteiger partial charge in [0.25, 0.3) is 0 Å². The van der Waals surface area contributed by atoms with Crippen LogP contribution in [0.2, 0.25) is 24.7 Å². The zero-order chi connectivity index (χ0) is 20.6. The van der Waals surface area contributed by atoms with E-state index in [4.69, 9.17) is 16.3 Å². The molecule has 0 unspecified atom stereocenters. The summed E-state index contributed by atoms with van der Waals surface area (Å²) in [5.74, 6) is -0.888. The lowest BCUT2D eigenvalue weighted by Crippen LogP contribution is -2.37. The first-order chi connectivity index (χ1) is 13.1. The molecule has 0 aliphatic rings. The highest BCUT2D eigenvalue weighted by molar-refractivity contribution is 6.88. The number of ether oxygens (including phenoxy) is 1. The summed E-state index contributed by atoms with van der Waals surface area (Å²) in [6, 6.07) is 5.20. The maximum absolute atomic E-state index is 14.8. The summed E-state index contributed by atoms with van der Waals surface area (Å²) in [6.07, 6.45) is 3.10. The number of nitrogens with zero attached hydrogens (tertiary/aromatic N) is 2. The van der Waals surface area contributed by atoms with Crippen LogP contribution in [0.25, 0.3) is 10.9 Å². The Bertz CT molecular complexity index is 1060. The molecule has 0 saturated heterocycles. The summed E-state index contributed by atoms with van der Waals surface area (Å²) < 4.78 is 21.7. The van der Waals surface area contributed by atoms with Gasteiger partial charge < -0.3 is 14.6 Å². The number of carbonyl (C=O) groups is 1. The van der Waals surface area contributed by atoms with Gasteiger partial charge >= 0.3 is 5.97 Å². The molecular weight excluding hydrogens is 397 g/mol. The molecule has 0 bridgehead atoms. The first-order valence-corrected chi connectivity index (χ1v) is 12.9. The molecule has 3 rings (SSSR count). The van der Waals surface area contributed by atoms with E-state index in [0.717, 1.165) is 5.19 Å². The number of benzene rings is 1. The molecule has 1 N–H and O–H groups in total. The average Bonchev–Trinajstić information content (AvgIpc) is 2.89. The summed E-state index contributed by atoms with van der Waals surface area (Å²) in [7, 11) is 0.0789. The number of aromatic nitrogens is 2. The van der Waals surface area contributed by atoms with E-state index in [1.54, 1.807) is 36.9 Å². The highest BCUT2D eigenvalue weighted by Crippen LogP contribution is 2.36. The lowest BCUT2D eigenvalue weighted by Gasteiger charge is -2.18. The molecule has 0 radical (unpaired) electrons. The summed E-state index contributed by atoms with van der Waals surface area (Å²) in [5, 5.41) is 5.10.